The van der Waals surface area contributed by atoms with E-state index in [0.29, 0.717) is 28.5 Å². The topological polar surface area (TPSA) is 102 Å². The van der Waals surface area contributed by atoms with Gasteiger partial charge in [-0.15, -0.1) is 0 Å². The highest BCUT2D eigenvalue weighted by molar-refractivity contribution is 6.04. The predicted octanol–water partition coefficient (Wildman–Crippen LogP) is 3.48. The van der Waals surface area contributed by atoms with E-state index in [9.17, 15) is 14.0 Å². The van der Waals surface area contributed by atoms with Crippen molar-refractivity contribution in [3.05, 3.63) is 66.1 Å². The summed E-state index contributed by atoms with van der Waals surface area (Å²) in [5, 5.41) is 2.62. The molecule has 0 spiro atoms. The summed E-state index contributed by atoms with van der Waals surface area (Å²) >= 11 is 0. The van der Waals surface area contributed by atoms with Gasteiger partial charge in [0.1, 0.15) is 11.5 Å². The standard InChI is InChI=1S/C23H21FN6O3/c1-13-22-26-11-19(15-5-8-21(25-10-15)28-14(2)31)30(22)12-18(27-13)23(32)29(3)16-6-7-17(24)20(9-16)33-4/h5-12H,1-4H3,(H,25,28,31). The normalized spacial score (nSPS) is 10.8. The number of aromatic nitrogens is 4. The molecule has 2 amide bonds. The van der Waals surface area contributed by atoms with E-state index in [4.69, 9.17) is 4.74 Å². The fraction of sp³-hybridized carbons (Fsp3) is 0.174. The average Bonchev–Trinajstić information content (AvgIpc) is 3.23. The molecule has 0 aliphatic rings. The minimum atomic E-state index is -0.515. The number of methoxy groups -OCH3 is 1. The van der Waals surface area contributed by atoms with E-state index in [1.54, 1.807) is 49.1 Å². The van der Waals surface area contributed by atoms with Crippen LogP contribution in [-0.4, -0.2) is 45.3 Å². The van der Waals surface area contributed by atoms with E-state index < -0.39 is 5.82 Å². The van der Waals surface area contributed by atoms with Gasteiger partial charge in [-0.2, -0.15) is 0 Å². The second-order valence-electron chi connectivity index (χ2n) is 7.34. The molecular formula is C23H21FN6O3. The number of nitrogens with one attached hydrogen (secondary N) is 1. The van der Waals surface area contributed by atoms with E-state index in [0.717, 1.165) is 5.56 Å². The first kappa shape index (κ1) is 21.9. The van der Waals surface area contributed by atoms with Crippen molar-refractivity contribution in [2.24, 2.45) is 0 Å². The molecule has 0 radical (unpaired) electrons. The summed E-state index contributed by atoms with van der Waals surface area (Å²) in [7, 11) is 2.94. The average molecular weight is 448 g/mol. The molecule has 4 aromatic rings. The molecule has 9 nitrogen and oxygen atoms in total. The molecule has 0 bridgehead atoms. The highest BCUT2D eigenvalue weighted by atomic mass is 19.1. The number of pyridine rings is 1. The van der Waals surface area contributed by atoms with Gasteiger partial charge in [0, 0.05) is 43.7 Å². The van der Waals surface area contributed by atoms with Crippen LogP contribution in [0.5, 0.6) is 5.75 Å². The van der Waals surface area contributed by atoms with Gasteiger partial charge in [-0.1, -0.05) is 0 Å². The summed E-state index contributed by atoms with van der Waals surface area (Å²) in [6.07, 6.45) is 4.89. The molecule has 0 fully saturated rings. The van der Waals surface area contributed by atoms with Crippen molar-refractivity contribution in [2.75, 3.05) is 24.4 Å². The number of aryl methyl sites for hydroxylation is 1. The van der Waals surface area contributed by atoms with Crippen molar-refractivity contribution in [3.8, 4) is 17.0 Å². The third-order valence-corrected chi connectivity index (χ3v) is 5.07. The molecule has 3 aromatic heterocycles. The number of benzene rings is 1. The van der Waals surface area contributed by atoms with Crippen molar-refractivity contribution in [3.63, 3.8) is 0 Å². The van der Waals surface area contributed by atoms with E-state index in [2.05, 4.69) is 20.3 Å². The van der Waals surface area contributed by atoms with Gasteiger partial charge in [0.15, 0.2) is 17.2 Å². The molecule has 0 aliphatic heterocycles. The lowest BCUT2D eigenvalue weighted by Gasteiger charge is -2.18. The van der Waals surface area contributed by atoms with Gasteiger partial charge < -0.3 is 15.0 Å². The monoisotopic (exact) mass is 448 g/mol. The second-order valence-corrected chi connectivity index (χ2v) is 7.34. The summed E-state index contributed by atoms with van der Waals surface area (Å²) in [6.45, 7) is 3.18. The minimum Gasteiger partial charge on any atom is -0.494 e. The molecule has 10 heteroatoms. The Morgan fingerprint density at radius 1 is 1.15 bits per heavy atom. The van der Waals surface area contributed by atoms with Gasteiger partial charge in [0.25, 0.3) is 5.91 Å². The van der Waals surface area contributed by atoms with E-state index in [1.165, 1.54) is 37.1 Å². The number of ether oxygens (including phenoxy) is 1. The maximum atomic E-state index is 13.8. The number of amides is 2. The van der Waals surface area contributed by atoms with Gasteiger partial charge in [0.05, 0.1) is 24.7 Å². The molecule has 0 unspecified atom stereocenters. The quantitative estimate of drug-likeness (QED) is 0.502. The van der Waals surface area contributed by atoms with Crippen LogP contribution in [0.3, 0.4) is 0 Å². The maximum Gasteiger partial charge on any atom is 0.278 e. The van der Waals surface area contributed by atoms with Crippen LogP contribution in [0.4, 0.5) is 15.9 Å². The van der Waals surface area contributed by atoms with Crippen LogP contribution in [0, 0.1) is 12.7 Å². The fourth-order valence-corrected chi connectivity index (χ4v) is 3.40. The molecule has 33 heavy (non-hydrogen) atoms. The summed E-state index contributed by atoms with van der Waals surface area (Å²) in [5.41, 5.74) is 3.27. The SMILES string of the molecule is COc1cc(N(C)C(=O)c2cn3c(-c4ccc(NC(C)=O)nc4)cnc3c(C)n2)ccc1F. The Hall–Kier alpha value is -4.34. The van der Waals surface area contributed by atoms with Crippen LogP contribution in [-0.2, 0) is 4.79 Å². The number of hydrogen-bond donors (Lipinski definition) is 1. The van der Waals surface area contributed by atoms with Gasteiger partial charge >= 0.3 is 0 Å². The number of hydrogen-bond acceptors (Lipinski definition) is 6. The van der Waals surface area contributed by atoms with Crippen molar-refractivity contribution >= 4 is 29.0 Å². The molecule has 3 heterocycles. The van der Waals surface area contributed by atoms with Gasteiger partial charge in [0.2, 0.25) is 5.91 Å². The smallest absolute Gasteiger partial charge is 0.278 e. The Kier molecular flexibility index (Phi) is 5.74. The zero-order valence-corrected chi connectivity index (χ0v) is 18.5. The van der Waals surface area contributed by atoms with Crippen molar-refractivity contribution in [1.82, 2.24) is 19.4 Å². The number of imidazole rings is 1. The number of fused-ring (bicyclic) bond motifs is 1. The Labute approximate surface area is 188 Å². The molecule has 1 aromatic carbocycles. The van der Waals surface area contributed by atoms with E-state index in [-0.39, 0.29) is 23.3 Å². The zero-order valence-electron chi connectivity index (χ0n) is 18.5. The van der Waals surface area contributed by atoms with Crippen LogP contribution < -0.4 is 15.0 Å². The number of carbonyl (C=O) groups excluding carboxylic acids is 2. The van der Waals surface area contributed by atoms with Crippen LogP contribution >= 0.6 is 0 Å². The first-order chi connectivity index (χ1) is 15.8. The number of nitrogens with zero attached hydrogens (tertiary/aromatic N) is 5. The summed E-state index contributed by atoms with van der Waals surface area (Å²) in [4.78, 5) is 38.9. The molecule has 4 rings (SSSR count). The maximum absolute atomic E-state index is 13.8. The van der Waals surface area contributed by atoms with Crippen molar-refractivity contribution in [2.45, 2.75) is 13.8 Å². The Morgan fingerprint density at radius 3 is 2.61 bits per heavy atom. The largest absolute Gasteiger partial charge is 0.494 e. The lowest BCUT2D eigenvalue weighted by molar-refractivity contribution is -0.114. The first-order valence-electron chi connectivity index (χ1n) is 9.99. The predicted molar refractivity (Wildman–Crippen MR) is 121 cm³/mol. The summed E-state index contributed by atoms with van der Waals surface area (Å²) in [5.74, 6) is -0.632. The molecule has 0 aliphatic carbocycles. The molecule has 1 N–H and O–H groups in total. The lowest BCUT2D eigenvalue weighted by Crippen LogP contribution is -2.27. The van der Waals surface area contributed by atoms with Gasteiger partial charge in [-0.05, 0) is 31.2 Å². The van der Waals surface area contributed by atoms with Crippen molar-refractivity contribution < 1.29 is 18.7 Å². The summed E-state index contributed by atoms with van der Waals surface area (Å²) < 4.78 is 20.5. The molecular weight excluding hydrogens is 427 g/mol. The molecule has 0 saturated carbocycles. The Morgan fingerprint density at radius 2 is 1.94 bits per heavy atom. The Bertz CT molecular complexity index is 1370. The summed E-state index contributed by atoms with van der Waals surface area (Å²) in [6, 6.07) is 7.67. The Balaban J connectivity index is 1.71. The number of halogens is 1. The van der Waals surface area contributed by atoms with Gasteiger partial charge in [-0.3, -0.25) is 14.0 Å². The van der Waals surface area contributed by atoms with Crippen LogP contribution in [0.1, 0.15) is 23.1 Å². The molecule has 0 saturated heterocycles. The minimum absolute atomic E-state index is 0.0406. The number of carbonyl (C=O) groups is 2. The first-order valence-corrected chi connectivity index (χ1v) is 9.99. The van der Waals surface area contributed by atoms with Crippen LogP contribution in [0.15, 0.2) is 48.9 Å². The van der Waals surface area contributed by atoms with Crippen LogP contribution in [0.25, 0.3) is 16.9 Å². The van der Waals surface area contributed by atoms with Crippen molar-refractivity contribution in [1.29, 1.82) is 0 Å². The highest BCUT2D eigenvalue weighted by Crippen LogP contribution is 2.26. The van der Waals surface area contributed by atoms with Crippen LogP contribution in [0.2, 0.25) is 0 Å². The zero-order chi connectivity index (χ0) is 23.7. The third kappa shape index (κ3) is 4.22. The number of rotatable bonds is 5. The molecule has 168 valence electrons. The molecule has 0 atom stereocenters. The van der Waals surface area contributed by atoms with Gasteiger partial charge in [-0.25, -0.2) is 19.3 Å². The third-order valence-electron chi connectivity index (χ3n) is 5.07. The lowest BCUT2D eigenvalue weighted by atomic mass is 10.2. The number of anilines is 2. The highest BCUT2D eigenvalue weighted by Gasteiger charge is 2.20. The second kappa shape index (κ2) is 8.65. The fourth-order valence-electron chi connectivity index (χ4n) is 3.40. The van der Waals surface area contributed by atoms with E-state index >= 15 is 0 Å². The van der Waals surface area contributed by atoms with E-state index in [1.807, 2.05) is 0 Å².